The van der Waals surface area contributed by atoms with Crippen molar-refractivity contribution in [1.82, 2.24) is 0 Å². The first-order chi connectivity index (χ1) is 6.54. The largest absolute Gasteiger partial charge is 0.390 e. The fourth-order valence-corrected chi connectivity index (χ4v) is 4.91. The van der Waals surface area contributed by atoms with Crippen LogP contribution in [0, 0.1) is 10.8 Å². The normalized spacial score (nSPS) is 54.0. The second-order valence-electron chi connectivity index (χ2n) is 7.74. The van der Waals surface area contributed by atoms with Crippen LogP contribution in [0.1, 0.15) is 59.8 Å². The molecule has 0 spiro atoms. The highest BCUT2D eigenvalue weighted by atomic mass is 16.3. The SMILES string of the molecule is CC1(C)CC(C)(N)CC2(O)CC(C)(C1)C2. The van der Waals surface area contributed by atoms with Crippen LogP contribution < -0.4 is 5.73 Å². The van der Waals surface area contributed by atoms with E-state index in [9.17, 15) is 5.11 Å². The van der Waals surface area contributed by atoms with Gasteiger partial charge in [0, 0.05) is 5.54 Å². The molecule has 2 nitrogen and oxygen atoms in total. The van der Waals surface area contributed by atoms with Crippen LogP contribution in [0.2, 0.25) is 0 Å². The average molecular weight is 211 g/mol. The van der Waals surface area contributed by atoms with E-state index in [4.69, 9.17) is 5.73 Å². The molecule has 3 fully saturated rings. The minimum absolute atomic E-state index is 0.208. The number of hydrogen-bond acceptors (Lipinski definition) is 2. The van der Waals surface area contributed by atoms with Gasteiger partial charge >= 0.3 is 0 Å². The maximum absolute atomic E-state index is 10.3. The predicted molar refractivity (Wildman–Crippen MR) is 62.5 cm³/mol. The Morgan fingerprint density at radius 1 is 0.867 bits per heavy atom. The van der Waals surface area contributed by atoms with E-state index in [1.165, 1.54) is 6.42 Å². The summed E-state index contributed by atoms with van der Waals surface area (Å²) in [6.07, 6.45) is 4.85. The second-order valence-corrected chi connectivity index (χ2v) is 7.74. The Hall–Kier alpha value is -0.0800. The molecule has 1 atom stereocenters. The lowest BCUT2D eigenvalue weighted by molar-refractivity contribution is -0.164. The Bertz CT molecular complexity index is 240. The quantitative estimate of drug-likeness (QED) is 0.646. The highest BCUT2D eigenvalue weighted by Crippen LogP contribution is 2.59. The molecule has 0 saturated heterocycles. The van der Waals surface area contributed by atoms with E-state index in [-0.39, 0.29) is 5.54 Å². The standard InChI is InChI=1S/C13H25NO/c1-10(2)5-11(3)7-13(15,8-11)9-12(4,14)6-10/h15H,5-9,14H2,1-4H3. The molecular weight excluding hydrogens is 186 g/mol. The van der Waals surface area contributed by atoms with Gasteiger partial charge in [0.2, 0.25) is 0 Å². The fraction of sp³-hybridized carbons (Fsp3) is 1.00. The molecule has 88 valence electrons. The van der Waals surface area contributed by atoms with Crippen LogP contribution in [0.25, 0.3) is 0 Å². The Labute approximate surface area is 93.2 Å². The van der Waals surface area contributed by atoms with Crippen molar-refractivity contribution in [1.29, 1.82) is 0 Å². The first-order valence-corrected chi connectivity index (χ1v) is 6.05. The maximum Gasteiger partial charge on any atom is 0.0675 e. The molecule has 3 aliphatic rings. The smallest absolute Gasteiger partial charge is 0.0675 e. The molecule has 3 rings (SSSR count). The van der Waals surface area contributed by atoms with Crippen molar-refractivity contribution in [3.05, 3.63) is 0 Å². The van der Waals surface area contributed by atoms with Crippen LogP contribution in [0.3, 0.4) is 0 Å². The maximum atomic E-state index is 10.3. The van der Waals surface area contributed by atoms with Crippen LogP contribution in [0.4, 0.5) is 0 Å². The lowest BCUT2D eigenvalue weighted by Crippen LogP contribution is -2.60. The van der Waals surface area contributed by atoms with E-state index in [2.05, 4.69) is 27.7 Å². The van der Waals surface area contributed by atoms with Gasteiger partial charge in [0.05, 0.1) is 5.60 Å². The Morgan fingerprint density at radius 2 is 1.40 bits per heavy atom. The number of aliphatic hydroxyl groups is 1. The molecule has 0 aromatic carbocycles. The molecule has 0 radical (unpaired) electrons. The number of hydrogen-bond donors (Lipinski definition) is 2. The van der Waals surface area contributed by atoms with Crippen molar-refractivity contribution in [3.8, 4) is 0 Å². The summed E-state index contributed by atoms with van der Waals surface area (Å²) in [5.74, 6) is 0. The molecular formula is C13H25NO. The van der Waals surface area contributed by atoms with Gasteiger partial charge in [-0.1, -0.05) is 20.8 Å². The Balaban J connectivity index is 2.23. The van der Waals surface area contributed by atoms with Gasteiger partial charge in [-0.15, -0.1) is 0 Å². The van der Waals surface area contributed by atoms with Crippen molar-refractivity contribution < 1.29 is 5.11 Å². The van der Waals surface area contributed by atoms with Gasteiger partial charge in [-0.05, 0) is 49.9 Å². The van der Waals surface area contributed by atoms with Crippen molar-refractivity contribution >= 4 is 0 Å². The Morgan fingerprint density at radius 3 is 1.93 bits per heavy atom. The van der Waals surface area contributed by atoms with Gasteiger partial charge in [-0.3, -0.25) is 0 Å². The molecule has 0 amide bonds. The molecule has 0 aromatic rings. The van der Waals surface area contributed by atoms with E-state index in [0.29, 0.717) is 10.8 Å². The van der Waals surface area contributed by atoms with Crippen molar-refractivity contribution in [2.24, 2.45) is 16.6 Å². The third-order valence-corrected chi connectivity index (χ3v) is 4.03. The molecule has 0 aliphatic heterocycles. The van der Waals surface area contributed by atoms with Crippen LogP contribution in [-0.2, 0) is 0 Å². The summed E-state index contributed by atoms with van der Waals surface area (Å²) in [6, 6.07) is 0. The minimum atomic E-state index is -0.464. The molecule has 3 aliphatic carbocycles. The van der Waals surface area contributed by atoms with Crippen LogP contribution in [0.15, 0.2) is 0 Å². The molecule has 15 heavy (non-hydrogen) atoms. The average Bonchev–Trinajstić information content (AvgIpc) is 1.70. The summed E-state index contributed by atoms with van der Waals surface area (Å²) >= 11 is 0. The summed E-state index contributed by atoms with van der Waals surface area (Å²) < 4.78 is 0. The topological polar surface area (TPSA) is 46.2 Å². The van der Waals surface area contributed by atoms with Gasteiger partial charge in [0.25, 0.3) is 0 Å². The molecule has 0 aromatic heterocycles. The first-order valence-electron chi connectivity index (χ1n) is 6.05. The van der Waals surface area contributed by atoms with Crippen LogP contribution in [-0.4, -0.2) is 16.2 Å². The predicted octanol–water partition coefficient (Wildman–Crippen LogP) is 2.45. The molecule has 1 unspecified atom stereocenters. The van der Waals surface area contributed by atoms with E-state index >= 15 is 0 Å². The van der Waals surface area contributed by atoms with Gasteiger partial charge in [-0.25, -0.2) is 0 Å². The summed E-state index contributed by atoms with van der Waals surface area (Å²) in [5.41, 5.74) is 6.30. The number of fused-ring (bicyclic) bond motifs is 4. The van der Waals surface area contributed by atoms with E-state index < -0.39 is 5.60 Å². The van der Waals surface area contributed by atoms with Gasteiger partial charge in [0.15, 0.2) is 0 Å². The zero-order chi connectivity index (χ0) is 11.5. The first kappa shape index (κ1) is 11.4. The van der Waals surface area contributed by atoms with E-state index in [0.717, 1.165) is 25.7 Å². The summed E-state index contributed by atoms with van der Waals surface area (Å²) in [7, 11) is 0. The molecule has 2 bridgehead atoms. The lowest BCUT2D eigenvalue weighted by Gasteiger charge is -2.59. The molecule has 3 saturated carbocycles. The summed E-state index contributed by atoms with van der Waals surface area (Å²) in [6.45, 7) is 9.02. The zero-order valence-electron chi connectivity index (χ0n) is 10.6. The number of rotatable bonds is 0. The van der Waals surface area contributed by atoms with E-state index in [1.54, 1.807) is 0 Å². The zero-order valence-corrected chi connectivity index (χ0v) is 10.6. The fourth-order valence-electron chi connectivity index (χ4n) is 4.91. The molecule has 3 N–H and O–H groups in total. The van der Waals surface area contributed by atoms with Gasteiger partial charge in [-0.2, -0.15) is 0 Å². The molecule has 0 heterocycles. The lowest BCUT2D eigenvalue weighted by atomic mass is 9.49. The summed E-state index contributed by atoms with van der Waals surface area (Å²) in [4.78, 5) is 0. The third-order valence-electron chi connectivity index (χ3n) is 4.03. The highest BCUT2D eigenvalue weighted by Gasteiger charge is 2.56. The Kier molecular flexibility index (Phi) is 2.11. The monoisotopic (exact) mass is 211 g/mol. The van der Waals surface area contributed by atoms with Crippen molar-refractivity contribution in [3.63, 3.8) is 0 Å². The third kappa shape index (κ3) is 2.21. The molecule has 2 heteroatoms. The number of nitrogens with two attached hydrogens (primary N) is 1. The minimum Gasteiger partial charge on any atom is -0.390 e. The summed E-state index contributed by atoms with van der Waals surface area (Å²) in [5, 5.41) is 10.3. The highest BCUT2D eigenvalue weighted by molar-refractivity contribution is 5.10. The van der Waals surface area contributed by atoms with E-state index in [1.807, 2.05) is 0 Å². The van der Waals surface area contributed by atoms with Crippen molar-refractivity contribution in [2.75, 3.05) is 0 Å². The second kappa shape index (κ2) is 2.78. The van der Waals surface area contributed by atoms with Crippen LogP contribution in [0.5, 0.6) is 0 Å². The van der Waals surface area contributed by atoms with Crippen LogP contribution >= 0.6 is 0 Å². The van der Waals surface area contributed by atoms with Gasteiger partial charge in [0.1, 0.15) is 0 Å². The van der Waals surface area contributed by atoms with Gasteiger partial charge < -0.3 is 10.8 Å². The van der Waals surface area contributed by atoms with Crippen molar-refractivity contribution in [2.45, 2.75) is 70.9 Å².